The molecule has 4 nitrogen and oxygen atoms in total. The molecule has 32 heavy (non-hydrogen) atoms. The molecule has 0 saturated heterocycles. The maximum Gasteiger partial charge on any atom is 0.256 e. The average Bonchev–Trinajstić information content (AvgIpc) is 2.85. The summed E-state index contributed by atoms with van der Waals surface area (Å²) in [6.07, 6.45) is 3.41. The van der Waals surface area contributed by atoms with Crippen molar-refractivity contribution in [3.8, 4) is 22.4 Å². The SMILES string of the molecule is O=C(Nc1ccccc1-c1ccccc1)c1cc(-c2ccncc2)nc2ccc(Cl)cc12. The van der Waals surface area contributed by atoms with Crippen molar-refractivity contribution in [1.82, 2.24) is 9.97 Å². The largest absolute Gasteiger partial charge is 0.321 e. The first-order chi connectivity index (χ1) is 15.7. The molecule has 5 aromatic rings. The summed E-state index contributed by atoms with van der Waals surface area (Å²) < 4.78 is 0. The Morgan fingerprint density at radius 1 is 0.781 bits per heavy atom. The molecule has 1 N–H and O–H groups in total. The minimum absolute atomic E-state index is 0.224. The van der Waals surface area contributed by atoms with E-state index in [0.29, 0.717) is 27.2 Å². The number of anilines is 1. The number of carbonyl (C=O) groups excluding carboxylic acids is 1. The molecule has 5 heteroatoms. The van der Waals surface area contributed by atoms with Gasteiger partial charge in [-0.2, -0.15) is 0 Å². The molecule has 0 aliphatic rings. The zero-order valence-corrected chi connectivity index (χ0v) is 17.8. The van der Waals surface area contributed by atoms with Gasteiger partial charge in [-0.05, 0) is 48.0 Å². The van der Waals surface area contributed by atoms with Gasteiger partial charge in [0.1, 0.15) is 0 Å². The minimum Gasteiger partial charge on any atom is -0.321 e. The lowest BCUT2D eigenvalue weighted by Crippen LogP contribution is -2.14. The summed E-state index contributed by atoms with van der Waals surface area (Å²) in [5.74, 6) is -0.224. The zero-order chi connectivity index (χ0) is 21.9. The number of rotatable bonds is 4. The van der Waals surface area contributed by atoms with E-state index in [1.807, 2.05) is 72.8 Å². The van der Waals surface area contributed by atoms with Crippen LogP contribution in [0.25, 0.3) is 33.3 Å². The highest BCUT2D eigenvalue weighted by molar-refractivity contribution is 6.31. The predicted molar refractivity (Wildman–Crippen MR) is 130 cm³/mol. The Morgan fingerprint density at radius 3 is 2.34 bits per heavy atom. The molecule has 3 aromatic carbocycles. The van der Waals surface area contributed by atoms with Crippen molar-refractivity contribution in [2.75, 3.05) is 5.32 Å². The lowest BCUT2D eigenvalue weighted by molar-refractivity contribution is 0.102. The number of carbonyl (C=O) groups is 1. The Balaban J connectivity index is 1.61. The van der Waals surface area contributed by atoms with Crippen molar-refractivity contribution in [3.63, 3.8) is 0 Å². The van der Waals surface area contributed by atoms with Crippen LogP contribution in [-0.4, -0.2) is 15.9 Å². The van der Waals surface area contributed by atoms with Gasteiger partial charge in [-0.15, -0.1) is 0 Å². The van der Waals surface area contributed by atoms with E-state index in [1.54, 1.807) is 30.6 Å². The molecule has 0 aliphatic heterocycles. The molecule has 0 atom stereocenters. The maximum atomic E-state index is 13.5. The highest BCUT2D eigenvalue weighted by atomic mass is 35.5. The monoisotopic (exact) mass is 435 g/mol. The van der Waals surface area contributed by atoms with Gasteiger partial charge in [-0.3, -0.25) is 9.78 Å². The van der Waals surface area contributed by atoms with Crippen LogP contribution in [0.15, 0.2) is 103 Å². The number of nitrogens with zero attached hydrogens (tertiary/aromatic N) is 2. The topological polar surface area (TPSA) is 54.9 Å². The predicted octanol–water partition coefficient (Wildman–Crippen LogP) is 6.87. The van der Waals surface area contributed by atoms with Gasteiger partial charge in [-0.1, -0.05) is 60.1 Å². The highest BCUT2D eigenvalue weighted by Gasteiger charge is 2.16. The van der Waals surface area contributed by atoms with E-state index in [0.717, 1.165) is 22.4 Å². The number of para-hydroxylation sites is 1. The zero-order valence-electron chi connectivity index (χ0n) is 17.0. The fourth-order valence-corrected chi connectivity index (χ4v) is 3.88. The smallest absolute Gasteiger partial charge is 0.256 e. The number of pyridine rings is 2. The summed E-state index contributed by atoms with van der Waals surface area (Å²) in [4.78, 5) is 22.3. The molecule has 154 valence electrons. The van der Waals surface area contributed by atoms with Gasteiger partial charge in [-0.25, -0.2) is 4.98 Å². The van der Waals surface area contributed by atoms with Crippen molar-refractivity contribution in [1.29, 1.82) is 0 Å². The van der Waals surface area contributed by atoms with Gasteiger partial charge >= 0.3 is 0 Å². The van der Waals surface area contributed by atoms with E-state index >= 15 is 0 Å². The van der Waals surface area contributed by atoms with E-state index in [4.69, 9.17) is 16.6 Å². The second-order valence-corrected chi connectivity index (χ2v) is 7.75. The first-order valence-electron chi connectivity index (χ1n) is 10.2. The van der Waals surface area contributed by atoms with E-state index in [9.17, 15) is 4.79 Å². The fraction of sp³-hybridized carbons (Fsp3) is 0. The summed E-state index contributed by atoms with van der Waals surface area (Å²) in [7, 11) is 0. The number of amides is 1. The van der Waals surface area contributed by atoms with Crippen LogP contribution in [0.2, 0.25) is 5.02 Å². The minimum atomic E-state index is -0.224. The van der Waals surface area contributed by atoms with E-state index < -0.39 is 0 Å². The van der Waals surface area contributed by atoms with Crippen LogP contribution in [0.4, 0.5) is 5.69 Å². The van der Waals surface area contributed by atoms with Gasteiger partial charge in [0.2, 0.25) is 0 Å². The number of aromatic nitrogens is 2. The molecule has 0 saturated carbocycles. The molecule has 0 fully saturated rings. The third kappa shape index (κ3) is 3.96. The first-order valence-corrected chi connectivity index (χ1v) is 10.5. The summed E-state index contributed by atoms with van der Waals surface area (Å²) in [6, 6.07) is 28.7. The second kappa shape index (κ2) is 8.61. The molecular weight excluding hydrogens is 418 g/mol. The number of benzene rings is 3. The van der Waals surface area contributed by atoms with Crippen LogP contribution in [0.1, 0.15) is 10.4 Å². The molecular formula is C27H18ClN3O. The average molecular weight is 436 g/mol. The number of hydrogen-bond donors (Lipinski definition) is 1. The van der Waals surface area contributed by atoms with Crippen LogP contribution in [0.5, 0.6) is 0 Å². The van der Waals surface area contributed by atoms with Crippen LogP contribution in [-0.2, 0) is 0 Å². The van der Waals surface area contributed by atoms with Crippen molar-refractivity contribution in [2.24, 2.45) is 0 Å². The van der Waals surface area contributed by atoms with E-state index in [2.05, 4.69) is 10.3 Å². The Hall–Kier alpha value is -4.02. The van der Waals surface area contributed by atoms with E-state index in [1.165, 1.54) is 0 Å². The van der Waals surface area contributed by atoms with Crippen molar-refractivity contribution >= 4 is 34.1 Å². The van der Waals surface area contributed by atoms with E-state index in [-0.39, 0.29) is 5.91 Å². The Morgan fingerprint density at radius 2 is 1.53 bits per heavy atom. The molecule has 0 spiro atoms. The Bertz CT molecular complexity index is 1420. The van der Waals surface area contributed by atoms with Gasteiger partial charge in [0.15, 0.2) is 0 Å². The van der Waals surface area contributed by atoms with Crippen molar-refractivity contribution < 1.29 is 4.79 Å². The van der Waals surface area contributed by atoms with Gasteiger partial charge in [0.05, 0.1) is 16.8 Å². The lowest BCUT2D eigenvalue weighted by atomic mass is 10.0. The lowest BCUT2D eigenvalue weighted by Gasteiger charge is -2.14. The summed E-state index contributed by atoms with van der Waals surface area (Å²) in [5.41, 5.74) is 5.51. The van der Waals surface area contributed by atoms with Gasteiger partial charge < -0.3 is 5.32 Å². The number of nitrogens with one attached hydrogen (secondary N) is 1. The van der Waals surface area contributed by atoms with Crippen LogP contribution in [0, 0.1) is 0 Å². The van der Waals surface area contributed by atoms with Crippen molar-refractivity contribution in [3.05, 3.63) is 114 Å². The third-order valence-electron chi connectivity index (χ3n) is 5.25. The molecule has 0 bridgehead atoms. The first kappa shape index (κ1) is 19.9. The Kier molecular flexibility index (Phi) is 5.36. The van der Waals surface area contributed by atoms with Crippen LogP contribution >= 0.6 is 11.6 Å². The number of fused-ring (bicyclic) bond motifs is 1. The molecule has 5 rings (SSSR count). The molecule has 2 heterocycles. The highest BCUT2D eigenvalue weighted by Crippen LogP contribution is 2.30. The van der Waals surface area contributed by atoms with Crippen molar-refractivity contribution in [2.45, 2.75) is 0 Å². The summed E-state index contributed by atoms with van der Waals surface area (Å²) in [5, 5.41) is 4.34. The molecule has 2 aromatic heterocycles. The fourth-order valence-electron chi connectivity index (χ4n) is 3.71. The van der Waals surface area contributed by atoms with Gasteiger partial charge in [0.25, 0.3) is 5.91 Å². The van der Waals surface area contributed by atoms with Crippen LogP contribution < -0.4 is 5.32 Å². The van der Waals surface area contributed by atoms with Gasteiger partial charge in [0, 0.05) is 39.6 Å². The molecule has 1 amide bonds. The summed E-state index contributed by atoms with van der Waals surface area (Å²) >= 11 is 6.25. The summed E-state index contributed by atoms with van der Waals surface area (Å²) in [6.45, 7) is 0. The molecule has 0 radical (unpaired) electrons. The second-order valence-electron chi connectivity index (χ2n) is 7.32. The quantitative estimate of drug-likeness (QED) is 0.335. The number of hydrogen-bond acceptors (Lipinski definition) is 3. The third-order valence-corrected chi connectivity index (χ3v) is 5.49. The Labute approximate surface area is 190 Å². The molecule has 0 aliphatic carbocycles. The maximum absolute atomic E-state index is 13.5. The number of halogens is 1. The van der Waals surface area contributed by atoms with Crippen LogP contribution in [0.3, 0.4) is 0 Å². The normalized spacial score (nSPS) is 10.8. The molecule has 0 unspecified atom stereocenters. The standard InChI is InChI=1S/C27H18ClN3O/c28-20-10-11-25-22(16-20)23(17-26(30-25)19-12-14-29-15-13-19)27(32)31-24-9-5-4-8-21(24)18-6-2-1-3-7-18/h1-17H,(H,31,32).